The first kappa shape index (κ1) is 15.2. The molecule has 2 rings (SSSR count). The van der Waals surface area contributed by atoms with Crippen molar-refractivity contribution in [1.29, 1.82) is 0 Å². The number of hydrogen-bond donors (Lipinski definition) is 2. The van der Waals surface area contributed by atoms with E-state index >= 15 is 0 Å². The van der Waals surface area contributed by atoms with Gasteiger partial charge in [-0.2, -0.15) is 0 Å². The molecule has 1 amide bonds. The van der Waals surface area contributed by atoms with Gasteiger partial charge in [0.25, 0.3) is 0 Å². The second-order valence-corrected chi connectivity index (χ2v) is 7.89. The molecule has 0 radical (unpaired) electrons. The molecule has 0 aromatic rings. The van der Waals surface area contributed by atoms with Gasteiger partial charge < -0.3 is 10.8 Å². The van der Waals surface area contributed by atoms with E-state index in [9.17, 15) is 18.0 Å². The van der Waals surface area contributed by atoms with Gasteiger partial charge in [0.2, 0.25) is 5.91 Å². The van der Waals surface area contributed by atoms with Gasteiger partial charge in [-0.05, 0) is 19.3 Å². The first-order chi connectivity index (χ1) is 9.30. The Morgan fingerprint density at radius 1 is 1.25 bits per heavy atom. The number of fused-ring (bicyclic) bond motifs is 2. The number of amides is 1. The predicted octanol–water partition coefficient (Wildman–Crippen LogP) is -0.786. The number of carbonyl (C=O) groups is 2. The highest BCUT2D eigenvalue weighted by Crippen LogP contribution is 2.41. The van der Waals surface area contributed by atoms with Crippen LogP contribution in [-0.2, 0) is 19.4 Å². The summed E-state index contributed by atoms with van der Waals surface area (Å²) >= 11 is 0. The Bertz CT molecular complexity index is 504. The molecule has 0 aromatic carbocycles. The van der Waals surface area contributed by atoms with Crippen LogP contribution in [0.25, 0.3) is 0 Å². The van der Waals surface area contributed by atoms with Crippen LogP contribution in [0.15, 0.2) is 0 Å². The average molecular weight is 304 g/mol. The molecule has 20 heavy (non-hydrogen) atoms. The number of rotatable bonds is 7. The van der Waals surface area contributed by atoms with Crippen LogP contribution in [0.1, 0.15) is 25.7 Å². The zero-order valence-electron chi connectivity index (χ0n) is 11.2. The first-order valence-electron chi connectivity index (χ1n) is 6.77. The van der Waals surface area contributed by atoms with Crippen molar-refractivity contribution in [2.24, 2.45) is 11.7 Å². The molecular formula is C12H20N2O5S. The molecule has 2 fully saturated rings. The maximum atomic E-state index is 11.8. The van der Waals surface area contributed by atoms with E-state index in [-0.39, 0.29) is 35.9 Å². The highest BCUT2D eigenvalue weighted by atomic mass is 32.2. The predicted molar refractivity (Wildman–Crippen MR) is 71.7 cm³/mol. The molecule has 2 aliphatic rings. The molecule has 3 N–H and O–H groups in total. The number of carboxylic acids is 1. The average Bonchev–Trinajstić information content (AvgIpc) is 2.91. The van der Waals surface area contributed by atoms with E-state index < -0.39 is 21.7 Å². The summed E-state index contributed by atoms with van der Waals surface area (Å²) in [5.74, 6) is -2.06. The van der Waals surface area contributed by atoms with Gasteiger partial charge in [-0.1, -0.05) is 0 Å². The zero-order valence-corrected chi connectivity index (χ0v) is 12.0. The Balaban J connectivity index is 1.89. The quantitative estimate of drug-likeness (QED) is 0.636. The Hall–Kier alpha value is -1.15. The Kier molecular flexibility index (Phi) is 4.33. The minimum Gasteiger partial charge on any atom is -0.481 e. The summed E-state index contributed by atoms with van der Waals surface area (Å²) in [6, 6.07) is 0.149. The summed E-state index contributed by atoms with van der Waals surface area (Å²) in [5, 5.41) is 9.13. The van der Waals surface area contributed by atoms with Crippen LogP contribution >= 0.6 is 0 Å². The lowest BCUT2D eigenvalue weighted by molar-refractivity contribution is -0.142. The fourth-order valence-electron chi connectivity index (χ4n) is 3.32. The molecule has 3 unspecified atom stereocenters. The van der Waals surface area contributed by atoms with E-state index in [1.54, 1.807) is 0 Å². The lowest BCUT2D eigenvalue weighted by Crippen LogP contribution is -2.36. The van der Waals surface area contributed by atoms with Crippen LogP contribution in [0, 0.1) is 5.92 Å². The fraction of sp³-hybridized carbons (Fsp3) is 0.833. The SMILES string of the molecule is NC(=O)CCS(=O)(=O)CCN1C2CCC1C(C(=O)O)C2. The van der Waals surface area contributed by atoms with Crippen molar-refractivity contribution in [3.8, 4) is 0 Å². The third kappa shape index (κ3) is 3.29. The summed E-state index contributed by atoms with van der Waals surface area (Å²) in [6.45, 7) is 0.347. The van der Waals surface area contributed by atoms with Crippen molar-refractivity contribution in [1.82, 2.24) is 4.90 Å². The van der Waals surface area contributed by atoms with Gasteiger partial charge in [-0.15, -0.1) is 0 Å². The van der Waals surface area contributed by atoms with Crippen molar-refractivity contribution < 1.29 is 23.1 Å². The monoisotopic (exact) mass is 304 g/mol. The maximum absolute atomic E-state index is 11.8. The minimum atomic E-state index is -3.31. The molecule has 0 spiro atoms. The van der Waals surface area contributed by atoms with E-state index in [1.807, 2.05) is 4.90 Å². The third-order valence-electron chi connectivity index (χ3n) is 4.32. The van der Waals surface area contributed by atoms with Gasteiger partial charge in [-0.3, -0.25) is 14.5 Å². The van der Waals surface area contributed by atoms with Crippen LogP contribution in [0.4, 0.5) is 0 Å². The van der Waals surface area contributed by atoms with Gasteiger partial charge in [0.05, 0.1) is 17.4 Å². The van der Waals surface area contributed by atoms with Crippen molar-refractivity contribution in [2.45, 2.75) is 37.8 Å². The summed E-state index contributed by atoms with van der Waals surface area (Å²) in [5.41, 5.74) is 4.94. The second kappa shape index (κ2) is 5.69. The number of nitrogens with two attached hydrogens (primary N) is 1. The topological polar surface area (TPSA) is 118 Å². The van der Waals surface area contributed by atoms with E-state index in [1.165, 1.54) is 0 Å². The number of carboxylic acid groups (broad SMARTS) is 1. The summed E-state index contributed by atoms with van der Waals surface area (Å²) < 4.78 is 23.6. The minimum absolute atomic E-state index is 0.0381. The van der Waals surface area contributed by atoms with E-state index in [0.29, 0.717) is 13.0 Å². The third-order valence-corrected chi connectivity index (χ3v) is 5.95. The molecule has 2 saturated heterocycles. The van der Waals surface area contributed by atoms with Crippen molar-refractivity contribution in [2.75, 3.05) is 18.1 Å². The number of aliphatic carboxylic acids is 1. The van der Waals surface area contributed by atoms with Gasteiger partial charge in [0.15, 0.2) is 9.84 Å². The Morgan fingerprint density at radius 2 is 1.95 bits per heavy atom. The lowest BCUT2D eigenvalue weighted by atomic mass is 9.89. The molecule has 2 aliphatic heterocycles. The molecule has 2 heterocycles. The van der Waals surface area contributed by atoms with Gasteiger partial charge >= 0.3 is 5.97 Å². The molecule has 0 aliphatic carbocycles. The summed E-state index contributed by atoms with van der Waals surface area (Å²) in [6.07, 6.45) is 2.22. The summed E-state index contributed by atoms with van der Waals surface area (Å²) in [4.78, 5) is 23.8. The largest absolute Gasteiger partial charge is 0.481 e. The number of hydrogen-bond acceptors (Lipinski definition) is 5. The van der Waals surface area contributed by atoms with E-state index in [4.69, 9.17) is 10.8 Å². The second-order valence-electron chi connectivity index (χ2n) is 5.58. The van der Waals surface area contributed by atoms with Crippen molar-refractivity contribution >= 4 is 21.7 Å². The number of primary amides is 1. The van der Waals surface area contributed by atoms with Crippen LogP contribution in [0.5, 0.6) is 0 Å². The van der Waals surface area contributed by atoms with Crippen molar-refractivity contribution in [3.05, 3.63) is 0 Å². The first-order valence-corrected chi connectivity index (χ1v) is 8.59. The maximum Gasteiger partial charge on any atom is 0.308 e. The van der Waals surface area contributed by atoms with Crippen LogP contribution < -0.4 is 5.73 Å². The highest BCUT2D eigenvalue weighted by Gasteiger charge is 2.49. The smallest absolute Gasteiger partial charge is 0.308 e. The molecule has 8 heteroatoms. The molecule has 0 saturated carbocycles. The number of sulfone groups is 1. The van der Waals surface area contributed by atoms with Crippen LogP contribution in [-0.4, -0.2) is 60.4 Å². The zero-order chi connectivity index (χ0) is 14.9. The molecule has 0 aromatic heterocycles. The van der Waals surface area contributed by atoms with Gasteiger partial charge in [-0.25, -0.2) is 8.42 Å². The molecule has 2 bridgehead atoms. The summed E-state index contributed by atoms with van der Waals surface area (Å²) in [7, 11) is -3.31. The normalized spacial score (nSPS) is 29.7. The van der Waals surface area contributed by atoms with Gasteiger partial charge in [0, 0.05) is 25.0 Å². The lowest BCUT2D eigenvalue weighted by Gasteiger charge is -2.22. The van der Waals surface area contributed by atoms with Crippen LogP contribution in [0.2, 0.25) is 0 Å². The highest BCUT2D eigenvalue weighted by molar-refractivity contribution is 7.91. The van der Waals surface area contributed by atoms with Crippen molar-refractivity contribution in [3.63, 3.8) is 0 Å². The molecule has 114 valence electrons. The Labute approximate surface area is 118 Å². The molecular weight excluding hydrogens is 284 g/mol. The molecule has 3 atom stereocenters. The fourth-order valence-corrected chi connectivity index (χ4v) is 4.52. The number of nitrogens with zero attached hydrogens (tertiary/aromatic N) is 1. The Morgan fingerprint density at radius 3 is 2.50 bits per heavy atom. The molecule has 7 nitrogen and oxygen atoms in total. The van der Waals surface area contributed by atoms with Gasteiger partial charge in [0.1, 0.15) is 0 Å². The van der Waals surface area contributed by atoms with E-state index in [2.05, 4.69) is 0 Å². The van der Waals surface area contributed by atoms with Crippen LogP contribution in [0.3, 0.4) is 0 Å². The number of carbonyl (C=O) groups excluding carboxylic acids is 1. The standard InChI is InChI=1S/C12H20N2O5S/c13-11(15)3-5-20(18,19)6-4-14-8-1-2-10(14)9(7-8)12(16)17/h8-10H,1-7H2,(H2,13,15)(H,16,17). The van der Waals surface area contributed by atoms with E-state index in [0.717, 1.165) is 12.8 Å².